The Balaban J connectivity index is 0.000000231. The molecule has 11 heteroatoms. The topological polar surface area (TPSA) is 160 Å². The number of aromatic nitrogens is 1. The molecular weight excluding hydrogens is 568 g/mol. The van der Waals surface area contributed by atoms with Crippen molar-refractivity contribution in [2.24, 2.45) is 5.92 Å². The Kier molecular flexibility index (Phi) is 10.6. The van der Waals surface area contributed by atoms with Gasteiger partial charge in [-0.15, -0.1) is 0 Å². The third-order valence-electron chi connectivity index (χ3n) is 7.66. The lowest BCUT2D eigenvalue weighted by molar-refractivity contribution is -0.166. The number of aliphatic carboxylic acids is 2. The fraction of sp³-hybridized carbons (Fsp3) is 0.333. The molecule has 0 radical (unpaired) electrons. The van der Waals surface area contributed by atoms with Crippen molar-refractivity contribution in [2.75, 3.05) is 13.1 Å². The number of carbonyl (C=O) groups is 5. The minimum atomic E-state index is -2.22. The molecule has 0 amide bonds. The molecule has 1 unspecified atom stereocenters. The van der Waals surface area contributed by atoms with Crippen LogP contribution >= 0.6 is 0 Å². The lowest BCUT2D eigenvalue weighted by atomic mass is 9.80. The Morgan fingerprint density at radius 3 is 1.68 bits per heavy atom. The van der Waals surface area contributed by atoms with Crippen LogP contribution in [-0.4, -0.2) is 81.1 Å². The van der Waals surface area contributed by atoms with E-state index in [2.05, 4.69) is 16.0 Å². The van der Waals surface area contributed by atoms with Gasteiger partial charge in [0.25, 0.3) is 0 Å². The molecule has 6 rings (SSSR count). The molecule has 44 heavy (non-hydrogen) atoms. The average molecular weight is 603 g/mol. The molecule has 1 aromatic heterocycles. The van der Waals surface area contributed by atoms with Crippen molar-refractivity contribution in [3.63, 3.8) is 0 Å². The maximum atomic E-state index is 12.2. The molecule has 3 aromatic rings. The number of Topliss-reactive ketones (excluding diaryl/α,β-unsaturated/α-hetero) is 1. The van der Waals surface area contributed by atoms with E-state index in [1.807, 2.05) is 12.3 Å². The average Bonchev–Trinajstić information content (AvgIpc) is 3.02. The van der Waals surface area contributed by atoms with E-state index < -0.39 is 36.1 Å². The van der Waals surface area contributed by atoms with Gasteiger partial charge in [-0.2, -0.15) is 0 Å². The zero-order chi connectivity index (χ0) is 31.8. The van der Waals surface area contributed by atoms with Crippen molar-refractivity contribution in [1.29, 1.82) is 0 Å². The van der Waals surface area contributed by atoms with Crippen molar-refractivity contribution < 1.29 is 43.7 Å². The number of esters is 2. The van der Waals surface area contributed by atoms with E-state index in [9.17, 15) is 34.2 Å². The summed E-state index contributed by atoms with van der Waals surface area (Å²) in [6.45, 7) is 5.78. The first kappa shape index (κ1) is 32.0. The maximum Gasteiger partial charge on any atom is 0.349 e. The number of nitrogens with zero attached hydrogens (tertiary/aromatic N) is 2. The highest BCUT2D eigenvalue weighted by atomic mass is 16.6. The molecular formula is C33H34N2O9. The number of hydrogen-bond donors (Lipinski definition) is 2. The van der Waals surface area contributed by atoms with Crippen LogP contribution in [0.4, 0.5) is 0 Å². The van der Waals surface area contributed by atoms with Crippen molar-refractivity contribution in [1.82, 2.24) is 9.88 Å². The lowest BCUT2D eigenvalue weighted by Gasteiger charge is -2.44. The van der Waals surface area contributed by atoms with E-state index in [1.54, 1.807) is 44.3 Å². The van der Waals surface area contributed by atoms with Gasteiger partial charge in [-0.1, -0.05) is 41.5 Å². The third kappa shape index (κ3) is 8.13. The predicted octanol–water partition coefficient (Wildman–Crippen LogP) is 3.51. The third-order valence-corrected chi connectivity index (χ3v) is 7.66. The summed E-state index contributed by atoms with van der Waals surface area (Å²) in [5.41, 5.74) is 2.97. The van der Waals surface area contributed by atoms with Gasteiger partial charge in [0.1, 0.15) is 0 Å². The summed E-state index contributed by atoms with van der Waals surface area (Å²) in [5, 5.41) is 18.6. The molecule has 3 saturated heterocycles. The Hall–Kier alpha value is -4.90. The number of aryl methyl sites for hydroxylation is 2. The number of ketones is 1. The zero-order valence-corrected chi connectivity index (χ0v) is 24.4. The molecule has 3 fully saturated rings. The van der Waals surface area contributed by atoms with E-state index >= 15 is 0 Å². The van der Waals surface area contributed by atoms with Crippen LogP contribution in [0.15, 0.2) is 73.1 Å². The van der Waals surface area contributed by atoms with Gasteiger partial charge in [0.05, 0.1) is 17.2 Å². The van der Waals surface area contributed by atoms with Crippen molar-refractivity contribution >= 4 is 29.7 Å². The largest absolute Gasteiger partial charge is 0.478 e. The fourth-order valence-corrected chi connectivity index (χ4v) is 5.15. The first-order valence-corrected chi connectivity index (χ1v) is 14.2. The highest BCUT2D eigenvalue weighted by Crippen LogP contribution is 2.30. The van der Waals surface area contributed by atoms with E-state index in [1.165, 1.54) is 29.8 Å². The number of fused-ring (bicyclic) bond motifs is 3. The van der Waals surface area contributed by atoms with Gasteiger partial charge < -0.3 is 19.7 Å². The van der Waals surface area contributed by atoms with E-state index in [0.29, 0.717) is 11.7 Å². The number of pyridine rings is 1. The summed E-state index contributed by atoms with van der Waals surface area (Å²) >= 11 is 0. The highest BCUT2D eigenvalue weighted by molar-refractivity contribution is 5.95. The van der Waals surface area contributed by atoms with Gasteiger partial charge in [-0.3, -0.25) is 14.7 Å². The Morgan fingerprint density at radius 1 is 0.818 bits per heavy atom. The minimum absolute atomic E-state index is 0.0332. The Bertz CT molecular complexity index is 1410. The number of benzene rings is 2. The highest BCUT2D eigenvalue weighted by Gasteiger charge is 2.42. The molecule has 2 aromatic carbocycles. The molecule has 0 saturated carbocycles. The number of ether oxygens (including phenoxy) is 2. The van der Waals surface area contributed by atoms with Crippen LogP contribution in [0.25, 0.3) is 0 Å². The summed E-state index contributed by atoms with van der Waals surface area (Å²) in [6, 6.07) is 16.2. The van der Waals surface area contributed by atoms with Crippen LogP contribution in [0.3, 0.4) is 0 Å². The molecule has 3 aliphatic heterocycles. The molecule has 2 N–H and O–H groups in total. The summed E-state index contributed by atoms with van der Waals surface area (Å²) < 4.78 is 9.64. The first-order valence-electron chi connectivity index (χ1n) is 14.2. The normalized spacial score (nSPS) is 20.0. The monoisotopic (exact) mass is 602 g/mol. The Morgan fingerprint density at radius 2 is 1.30 bits per heavy atom. The molecule has 3 atom stereocenters. The Labute approximate surface area is 254 Å². The molecule has 2 bridgehead atoms. The smallest absolute Gasteiger partial charge is 0.349 e. The molecule has 11 nitrogen and oxygen atoms in total. The van der Waals surface area contributed by atoms with Gasteiger partial charge in [0.2, 0.25) is 12.2 Å². The molecule has 0 spiro atoms. The van der Waals surface area contributed by atoms with Crippen LogP contribution in [0.5, 0.6) is 0 Å². The predicted molar refractivity (Wildman–Crippen MR) is 157 cm³/mol. The lowest BCUT2D eigenvalue weighted by Crippen LogP contribution is -2.56. The SMILES string of the molecule is Cc1ccc(C(=O)O[C@H](C(=O)O)[C@H](OC(=O)c2ccc(C)cc2)C(=O)O)cc1.O=C1C2CCN(CC2)C1Cc1cccnc1. The number of carboxylic acids is 2. The maximum absolute atomic E-state index is 12.2. The quantitative estimate of drug-likeness (QED) is 0.345. The van der Waals surface area contributed by atoms with Crippen molar-refractivity contribution in [3.05, 3.63) is 101 Å². The minimum Gasteiger partial charge on any atom is -0.478 e. The second kappa shape index (κ2) is 14.5. The van der Waals surface area contributed by atoms with Crippen molar-refractivity contribution in [2.45, 2.75) is 51.4 Å². The van der Waals surface area contributed by atoms with Crippen LogP contribution in [0, 0.1) is 19.8 Å². The summed E-state index contributed by atoms with van der Waals surface area (Å²) in [6.07, 6.45) is 2.19. The molecule has 230 valence electrons. The number of carbonyl (C=O) groups excluding carboxylic acids is 3. The zero-order valence-electron chi connectivity index (χ0n) is 24.4. The van der Waals surface area contributed by atoms with E-state index in [-0.39, 0.29) is 17.2 Å². The molecule has 0 aliphatic carbocycles. The van der Waals surface area contributed by atoms with Gasteiger partial charge in [-0.05, 0) is 82.1 Å². The standard InChI is InChI=1S/C20H18O8.C13H16N2O/c1-11-3-7-13(8-4-11)19(25)27-15(17(21)22)16(18(23)24)28-20(26)14-9-5-12(2)6-10-14;16-13-11-3-6-15(7-4-11)12(13)8-10-2-1-5-14-9-10/h3-10,15-16H,1-2H3,(H,21,22)(H,23,24);1-2,5,9,11-12H,3-4,6-8H2/t15-,16-;/m0./s1. The van der Waals surface area contributed by atoms with Gasteiger partial charge in [0.15, 0.2) is 5.78 Å². The van der Waals surface area contributed by atoms with Crippen molar-refractivity contribution in [3.8, 4) is 0 Å². The first-order chi connectivity index (χ1) is 21.0. The van der Waals surface area contributed by atoms with Crippen LogP contribution in [0.1, 0.15) is 50.2 Å². The number of carboxylic acid groups (broad SMARTS) is 2. The van der Waals surface area contributed by atoms with Crippen LogP contribution < -0.4 is 0 Å². The summed E-state index contributed by atoms with van der Waals surface area (Å²) in [7, 11) is 0. The van der Waals surface area contributed by atoms with E-state index in [4.69, 9.17) is 9.47 Å². The second-order valence-corrected chi connectivity index (χ2v) is 10.9. The molecule has 3 aliphatic rings. The summed E-state index contributed by atoms with van der Waals surface area (Å²) in [5.74, 6) is -4.82. The van der Waals surface area contributed by atoms with Gasteiger partial charge in [0, 0.05) is 18.3 Å². The van der Waals surface area contributed by atoms with Crippen LogP contribution in [-0.2, 0) is 30.3 Å². The van der Waals surface area contributed by atoms with Gasteiger partial charge in [-0.25, -0.2) is 19.2 Å². The summed E-state index contributed by atoms with van der Waals surface area (Å²) in [4.78, 5) is 65.9. The van der Waals surface area contributed by atoms with Crippen LogP contribution in [0.2, 0.25) is 0 Å². The number of rotatable bonds is 9. The number of piperidine rings is 3. The fourth-order valence-electron chi connectivity index (χ4n) is 5.15. The van der Waals surface area contributed by atoms with Gasteiger partial charge >= 0.3 is 23.9 Å². The number of hydrogen-bond acceptors (Lipinski definition) is 9. The second-order valence-electron chi connectivity index (χ2n) is 10.9. The molecule has 4 heterocycles. The van der Waals surface area contributed by atoms with E-state index in [0.717, 1.165) is 43.5 Å².